The normalized spacial score (nSPS) is 11.5. The molecule has 2 aromatic carbocycles. The number of aryl methyl sites for hydroxylation is 3. The summed E-state index contributed by atoms with van der Waals surface area (Å²) >= 11 is 7.68. The molecule has 0 spiro atoms. The molecule has 0 aliphatic rings. The molecule has 0 radical (unpaired) electrons. The van der Waals surface area contributed by atoms with Crippen molar-refractivity contribution >= 4 is 45.6 Å². The second-order valence-electron chi connectivity index (χ2n) is 7.87. The average Bonchev–Trinajstić information content (AvgIpc) is 3.53. The summed E-state index contributed by atoms with van der Waals surface area (Å²) in [5.41, 5.74) is 4.51. The molecule has 0 bridgehead atoms. The summed E-state index contributed by atoms with van der Waals surface area (Å²) in [6.45, 7) is 5.76. The van der Waals surface area contributed by atoms with Gasteiger partial charge in [0.2, 0.25) is 10.9 Å². The number of benzene rings is 2. The van der Waals surface area contributed by atoms with Gasteiger partial charge >= 0.3 is 0 Å². The van der Waals surface area contributed by atoms with Crippen molar-refractivity contribution in [2.45, 2.75) is 20.8 Å². The van der Waals surface area contributed by atoms with Crippen LogP contribution in [0.2, 0.25) is 5.02 Å². The van der Waals surface area contributed by atoms with Crippen LogP contribution in [0.5, 0.6) is 0 Å². The van der Waals surface area contributed by atoms with Gasteiger partial charge in [0.15, 0.2) is 5.82 Å². The highest BCUT2D eigenvalue weighted by Gasteiger charge is 2.12. The molecule has 1 amide bonds. The fourth-order valence-corrected chi connectivity index (χ4v) is 4.51. The zero-order chi connectivity index (χ0) is 23.8. The first kappa shape index (κ1) is 22.1. The van der Waals surface area contributed by atoms with Gasteiger partial charge in [0.05, 0.1) is 0 Å². The molecule has 0 aliphatic heterocycles. The Hall–Kier alpha value is -3.75. The molecule has 3 aromatic heterocycles. The Kier molecular flexibility index (Phi) is 5.77. The van der Waals surface area contributed by atoms with Gasteiger partial charge in [-0.2, -0.15) is 9.61 Å². The number of furan rings is 1. The zero-order valence-corrected chi connectivity index (χ0v) is 20.2. The SMILES string of the molecule is Cc1ccc(-c2ccc(/C=C/C(=O)Nc3ccc(-c4nn5c(C)nnc5s4)cc3C)o2)cc1Cl. The van der Waals surface area contributed by atoms with E-state index in [0.717, 1.165) is 43.7 Å². The molecule has 1 N–H and O–H groups in total. The van der Waals surface area contributed by atoms with Crippen LogP contribution in [0.25, 0.3) is 32.9 Å². The fourth-order valence-electron chi connectivity index (χ4n) is 3.44. The average molecular weight is 490 g/mol. The number of halogens is 1. The van der Waals surface area contributed by atoms with Crippen LogP contribution in [0, 0.1) is 20.8 Å². The molecule has 0 unspecified atom stereocenters. The second kappa shape index (κ2) is 8.89. The summed E-state index contributed by atoms with van der Waals surface area (Å²) in [4.78, 5) is 13.2. The lowest BCUT2D eigenvalue weighted by atomic mass is 10.1. The number of carbonyl (C=O) groups is 1. The molecule has 0 aliphatic carbocycles. The van der Waals surface area contributed by atoms with Crippen LogP contribution in [-0.4, -0.2) is 25.7 Å². The Balaban J connectivity index is 1.27. The summed E-state index contributed by atoms with van der Waals surface area (Å²) in [5.74, 6) is 1.76. The minimum absolute atomic E-state index is 0.249. The molecule has 5 rings (SSSR count). The number of nitrogens with one attached hydrogen (secondary N) is 1. The molecule has 34 heavy (non-hydrogen) atoms. The highest BCUT2D eigenvalue weighted by molar-refractivity contribution is 7.19. The quantitative estimate of drug-likeness (QED) is 0.291. The number of rotatable bonds is 5. The highest BCUT2D eigenvalue weighted by Crippen LogP contribution is 2.29. The van der Waals surface area contributed by atoms with Crippen LogP contribution in [0.4, 0.5) is 5.69 Å². The fraction of sp³-hybridized carbons (Fsp3) is 0.120. The summed E-state index contributed by atoms with van der Waals surface area (Å²) in [7, 11) is 0. The minimum Gasteiger partial charge on any atom is -0.457 e. The molecule has 0 saturated heterocycles. The van der Waals surface area contributed by atoms with E-state index in [1.807, 2.05) is 69.3 Å². The van der Waals surface area contributed by atoms with Crippen molar-refractivity contribution in [2.75, 3.05) is 5.32 Å². The Bertz CT molecular complexity index is 1560. The van der Waals surface area contributed by atoms with Crippen LogP contribution >= 0.6 is 22.9 Å². The molecule has 170 valence electrons. The zero-order valence-electron chi connectivity index (χ0n) is 18.7. The number of aromatic nitrogens is 4. The number of amides is 1. The Labute approximate surface area is 204 Å². The van der Waals surface area contributed by atoms with E-state index >= 15 is 0 Å². The lowest BCUT2D eigenvalue weighted by molar-refractivity contribution is -0.111. The van der Waals surface area contributed by atoms with Gasteiger partial charge in [-0.25, -0.2) is 0 Å². The number of anilines is 1. The summed E-state index contributed by atoms with van der Waals surface area (Å²) < 4.78 is 7.56. The van der Waals surface area contributed by atoms with E-state index in [4.69, 9.17) is 16.0 Å². The highest BCUT2D eigenvalue weighted by atomic mass is 35.5. The lowest BCUT2D eigenvalue weighted by Gasteiger charge is -2.07. The van der Waals surface area contributed by atoms with Crippen molar-refractivity contribution in [3.05, 3.63) is 82.3 Å². The maximum atomic E-state index is 12.5. The molecule has 0 atom stereocenters. The third-order valence-electron chi connectivity index (χ3n) is 5.36. The second-order valence-corrected chi connectivity index (χ2v) is 9.23. The van der Waals surface area contributed by atoms with Gasteiger partial charge in [-0.15, -0.1) is 10.2 Å². The molecule has 0 saturated carbocycles. The van der Waals surface area contributed by atoms with Gasteiger partial charge < -0.3 is 9.73 Å². The van der Waals surface area contributed by atoms with E-state index in [1.165, 1.54) is 17.4 Å². The predicted octanol–water partition coefficient (Wildman–Crippen LogP) is 6.34. The van der Waals surface area contributed by atoms with E-state index < -0.39 is 0 Å². The van der Waals surface area contributed by atoms with Crippen molar-refractivity contribution in [3.63, 3.8) is 0 Å². The maximum Gasteiger partial charge on any atom is 0.248 e. The lowest BCUT2D eigenvalue weighted by Crippen LogP contribution is -2.08. The van der Waals surface area contributed by atoms with Crippen molar-refractivity contribution in [1.82, 2.24) is 19.8 Å². The minimum atomic E-state index is -0.249. The predicted molar refractivity (Wildman–Crippen MR) is 135 cm³/mol. The van der Waals surface area contributed by atoms with Gasteiger partial charge in [0.25, 0.3) is 0 Å². The number of carbonyl (C=O) groups excluding carboxylic acids is 1. The van der Waals surface area contributed by atoms with Crippen LogP contribution in [0.3, 0.4) is 0 Å². The Morgan fingerprint density at radius 3 is 2.62 bits per heavy atom. The first-order valence-electron chi connectivity index (χ1n) is 10.5. The number of hydrogen-bond donors (Lipinski definition) is 1. The number of hydrogen-bond acceptors (Lipinski definition) is 6. The van der Waals surface area contributed by atoms with E-state index in [9.17, 15) is 4.79 Å². The van der Waals surface area contributed by atoms with E-state index in [2.05, 4.69) is 20.6 Å². The maximum absolute atomic E-state index is 12.5. The topological polar surface area (TPSA) is 85.3 Å². The first-order chi connectivity index (χ1) is 16.4. The van der Waals surface area contributed by atoms with Crippen molar-refractivity contribution in [3.8, 4) is 21.9 Å². The molecular formula is C25H20ClN5O2S. The standard InChI is InChI=1S/C25H20ClN5O2S/c1-14-4-5-17(13-20(14)26)22-10-7-19(33-22)8-11-23(32)27-21-9-6-18(12-15(21)2)24-30-31-16(3)28-29-25(31)34-24/h4-13H,1-3H3,(H,27,32)/b11-8+. The molecule has 7 nitrogen and oxygen atoms in total. The van der Waals surface area contributed by atoms with Gasteiger partial charge in [-0.05, 0) is 74.4 Å². The Morgan fingerprint density at radius 1 is 1.03 bits per heavy atom. The van der Waals surface area contributed by atoms with Crippen LogP contribution in [0.1, 0.15) is 22.7 Å². The Morgan fingerprint density at radius 2 is 1.85 bits per heavy atom. The summed E-state index contributed by atoms with van der Waals surface area (Å²) in [5, 5.41) is 17.1. The molecular weight excluding hydrogens is 470 g/mol. The van der Waals surface area contributed by atoms with Crippen LogP contribution in [-0.2, 0) is 4.79 Å². The van der Waals surface area contributed by atoms with Crippen molar-refractivity contribution < 1.29 is 9.21 Å². The molecule has 9 heteroatoms. The summed E-state index contributed by atoms with van der Waals surface area (Å²) in [6, 6.07) is 15.2. The number of nitrogens with zero attached hydrogens (tertiary/aromatic N) is 4. The van der Waals surface area contributed by atoms with Crippen molar-refractivity contribution in [1.29, 1.82) is 0 Å². The van der Waals surface area contributed by atoms with E-state index in [0.29, 0.717) is 16.5 Å². The molecule has 0 fully saturated rings. The van der Waals surface area contributed by atoms with Crippen LogP contribution in [0.15, 0.2) is 59.0 Å². The van der Waals surface area contributed by atoms with Gasteiger partial charge in [0, 0.05) is 27.9 Å². The number of fused-ring (bicyclic) bond motifs is 1. The van der Waals surface area contributed by atoms with Gasteiger partial charge in [-0.3, -0.25) is 4.79 Å². The van der Waals surface area contributed by atoms with Gasteiger partial charge in [-0.1, -0.05) is 35.1 Å². The smallest absolute Gasteiger partial charge is 0.248 e. The third kappa shape index (κ3) is 4.37. The third-order valence-corrected chi connectivity index (χ3v) is 6.72. The molecule has 5 aromatic rings. The van der Waals surface area contributed by atoms with Gasteiger partial charge in [0.1, 0.15) is 16.5 Å². The van der Waals surface area contributed by atoms with Crippen molar-refractivity contribution in [2.24, 2.45) is 0 Å². The molecule has 3 heterocycles. The largest absolute Gasteiger partial charge is 0.457 e. The first-order valence-corrected chi connectivity index (χ1v) is 11.7. The van der Waals surface area contributed by atoms with Crippen LogP contribution < -0.4 is 5.32 Å². The van der Waals surface area contributed by atoms with E-state index in [-0.39, 0.29) is 5.91 Å². The monoisotopic (exact) mass is 489 g/mol. The summed E-state index contributed by atoms with van der Waals surface area (Å²) in [6.07, 6.45) is 3.09. The van der Waals surface area contributed by atoms with E-state index in [1.54, 1.807) is 10.6 Å².